The van der Waals surface area contributed by atoms with Crippen molar-refractivity contribution >= 4 is 11.5 Å². The molecule has 0 saturated heterocycles. The van der Waals surface area contributed by atoms with Crippen molar-refractivity contribution < 1.29 is 13.9 Å². The average Bonchev–Trinajstić information content (AvgIpc) is 3.10. The molecule has 5 nitrogen and oxygen atoms in total. The second-order valence-electron chi connectivity index (χ2n) is 6.79. The number of pyridine rings is 1. The van der Waals surface area contributed by atoms with Crippen LogP contribution in [0.5, 0.6) is 11.5 Å². The second-order valence-corrected chi connectivity index (χ2v) is 6.79. The van der Waals surface area contributed by atoms with E-state index in [0.717, 1.165) is 33.8 Å². The lowest BCUT2D eigenvalue weighted by Crippen LogP contribution is -2.03. The number of rotatable bonds is 6. The zero-order valence-electron chi connectivity index (χ0n) is 16.6. The van der Waals surface area contributed by atoms with Gasteiger partial charge in [0.1, 0.15) is 23.0 Å². The summed E-state index contributed by atoms with van der Waals surface area (Å²) in [5, 5.41) is 3.46. The fraction of sp³-hybridized carbons (Fsp3) is 0.174. The minimum Gasteiger partial charge on any atom is -0.493 e. The third-order valence-corrected chi connectivity index (χ3v) is 4.81. The number of aromatic nitrogens is 2. The lowest BCUT2D eigenvalue weighted by Gasteiger charge is -2.11. The monoisotopic (exact) mass is 391 g/mol. The Balaban J connectivity index is 1.78. The van der Waals surface area contributed by atoms with Crippen LogP contribution in [0.4, 0.5) is 10.2 Å². The van der Waals surface area contributed by atoms with E-state index in [-0.39, 0.29) is 5.82 Å². The van der Waals surface area contributed by atoms with Crippen molar-refractivity contribution in [2.24, 2.45) is 0 Å². The third kappa shape index (κ3) is 3.74. The predicted octanol–water partition coefficient (Wildman–Crippen LogP) is 5.08. The van der Waals surface area contributed by atoms with E-state index in [1.54, 1.807) is 26.4 Å². The number of benzene rings is 2. The van der Waals surface area contributed by atoms with Crippen molar-refractivity contribution in [2.75, 3.05) is 19.5 Å². The van der Waals surface area contributed by atoms with E-state index in [0.29, 0.717) is 18.0 Å². The number of nitrogens with zero attached hydrogens (tertiary/aromatic N) is 2. The van der Waals surface area contributed by atoms with Crippen LogP contribution >= 0.6 is 0 Å². The Morgan fingerprint density at radius 1 is 0.966 bits per heavy atom. The normalized spacial score (nSPS) is 10.9. The molecule has 4 aromatic rings. The topological polar surface area (TPSA) is 47.8 Å². The first-order valence-electron chi connectivity index (χ1n) is 9.28. The molecule has 148 valence electrons. The van der Waals surface area contributed by atoms with Crippen molar-refractivity contribution in [3.05, 3.63) is 77.7 Å². The molecule has 0 saturated carbocycles. The van der Waals surface area contributed by atoms with Crippen molar-refractivity contribution in [3.8, 4) is 22.8 Å². The van der Waals surface area contributed by atoms with Crippen LogP contribution in [0.1, 0.15) is 11.1 Å². The summed E-state index contributed by atoms with van der Waals surface area (Å²) in [5.41, 5.74) is 4.67. The first-order valence-corrected chi connectivity index (χ1v) is 9.28. The van der Waals surface area contributed by atoms with Gasteiger partial charge in [-0.15, -0.1) is 0 Å². The molecule has 0 radical (unpaired) electrons. The summed E-state index contributed by atoms with van der Waals surface area (Å²) < 4.78 is 26.0. The molecule has 6 heteroatoms. The maximum absolute atomic E-state index is 13.2. The summed E-state index contributed by atoms with van der Waals surface area (Å²) in [4.78, 5) is 4.85. The fourth-order valence-corrected chi connectivity index (χ4v) is 3.29. The molecule has 0 fully saturated rings. The first-order chi connectivity index (χ1) is 14.1. The largest absolute Gasteiger partial charge is 0.493 e. The summed E-state index contributed by atoms with van der Waals surface area (Å²) in [5.74, 6) is 1.92. The van der Waals surface area contributed by atoms with Gasteiger partial charge in [-0.2, -0.15) is 0 Å². The second kappa shape index (κ2) is 7.83. The zero-order chi connectivity index (χ0) is 20.4. The summed E-state index contributed by atoms with van der Waals surface area (Å²) in [6.07, 6.45) is 1.99. The van der Waals surface area contributed by atoms with Crippen LogP contribution in [-0.4, -0.2) is 23.6 Å². The quantitative estimate of drug-likeness (QED) is 0.498. The molecule has 1 N–H and O–H groups in total. The predicted molar refractivity (Wildman–Crippen MR) is 112 cm³/mol. The van der Waals surface area contributed by atoms with E-state index < -0.39 is 0 Å². The van der Waals surface area contributed by atoms with Crippen LogP contribution < -0.4 is 14.8 Å². The van der Waals surface area contributed by atoms with Crippen molar-refractivity contribution in [2.45, 2.75) is 13.5 Å². The Labute approximate surface area is 168 Å². The maximum atomic E-state index is 13.2. The minimum atomic E-state index is -0.245. The first kappa shape index (κ1) is 18.8. The van der Waals surface area contributed by atoms with Gasteiger partial charge in [-0.05, 0) is 60.5 Å². The Morgan fingerprint density at radius 3 is 2.45 bits per heavy atom. The summed E-state index contributed by atoms with van der Waals surface area (Å²) >= 11 is 0. The molecular formula is C23H22FN3O2. The van der Waals surface area contributed by atoms with Crippen LogP contribution in [-0.2, 0) is 6.54 Å². The van der Waals surface area contributed by atoms with E-state index in [2.05, 4.69) is 5.32 Å². The molecule has 0 aliphatic rings. The number of hydrogen-bond donors (Lipinski definition) is 1. The summed E-state index contributed by atoms with van der Waals surface area (Å²) in [7, 11) is 3.23. The highest BCUT2D eigenvalue weighted by Crippen LogP contribution is 2.35. The number of aryl methyl sites for hydroxylation is 1. The van der Waals surface area contributed by atoms with E-state index in [4.69, 9.17) is 14.5 Å². The average molecular weight is 391 g/mol. The van der Waals surface area contributed by atoms with E-state index in [9.17, 15) is 4.39 Å². The lowest BCUT2D eigenvalue weighted by atomic mass is 10.1. The lowest BCUT2D eigenvalue weighted by molar-refractivity contribution is 0.355. The van der Waals surface area contributed by atoms with Gasteiger partial charge in [0.2, 0.25) is 0 Å². The Kier molecular flexibility index (Phi) is 5.08. The number of hydrogen-bond acceptors (Lipinski definition) is 4. The molecule has 29 heavy (non-hydrogen) atoms. The molecule has 4 rings (SSSR count). The maximum Gasteiger partial charge on any atom is 0.161 e. The molecule has 0 amide bonds. The van der Waals surface area contributed by atoms with Crippen LogP contribution in [0.15, 0.2) is 60.8 Å². The van der Waals surface area contributed by atoms with Gasteiger partial charge >= 0.3 is 0 Å². The number of methoxy groups -OCH3 is 2. The third-order valence-electron chi connectivity index (χ3n) is 4.81. The van der Waals surface area contributed by atoms with Gasteiger partial charge in [0.15, 0.2) is 11.5 Å². The Bertz CT molecular complexity index is 1150. The van der Waals surface area contributed by atoms with E-state index in [1.807, 2.05) is 47.9 Å². The molecule has 0 aliphatic carbocycles. The Morgan fingerprint density at radius 2 is 1.72 bits per heavy atom. The van der Waals surface area contributed by atoms with Gasteiger partial charge in [-0.1, -0.05) is 12.1 Å². The molecule has 2 aromatic heterocycles. The number of ether oxygens (including phenoxy) is 2. The van der Waals surface area contributed by atoms with Crippen molar-refractivity contribution in [1.82, 2.24) is 9.38 Å². The van der Waals surface area contributed by atoms with Crippen LogP contribution in [0.3, 0.4) is 0 Å². The van der Waals surface area contributed by atoms with Gasteiger partial charge < -0.3 is 14.8 Å². The highest BCUT2D eigenvalue weighted by Gasteiger charge is 2.16. The SMILES string of the molecule is COc1ccc(-c2nc3cc(C)ccn3c2NCc2ccc(F)cc2)cc1OC. The van der Waals surface area contributed by atoms with Crippen molar-refractivity contribution in [1.29, 1.82) is 0 Å². The number of fused-ring (bicyclic) bond motifs is 1. The van der Waals surface area contributed by atoms with Crippen LogP contribution in [0.25, 0.3) is 16.9 Å². The summed E-state index contributed by atoms with van der Waals surface area (Å²) in [6.45, 7) is 2.58. The van der Waals surface area contributed by atoms with Gasteiger partial charge in [0.05, 0.1) is 14.2 Å². The van der Waals surface area contributed by atoms with Gasteiger partial charge in [0, 0.05) is 18.3 Å². The zero-order valence-corrected chi connectivity index (χ0v) is 16.6. The van der Waals surface area contributed by atoms with Gasteiger partial charge in [-0.25, -0.2) is 9.37 Å². The molecule has 2 heterocycles. The van der Waals surface area contributed by atoms with E-state index >= 15 is 0 Å². The molecule has 2 aromatic carbocycles. The number of nitrogens with one attached hydrogen (secondary N) is 1. The smallest absolute Gasteiger partial charge is 0.161 e. The molecule has 0 bridgehead atoms. The van der Waals surface area contributed by atoms with Gasteiger partial charge in [0.25, 0.3) is 0 Å². The molecular weight excluding hydrogens is 369 g/mol. The summed E-state index contributed by atoms with van der Waals surface area (Å²) in [6, 6.07) is 16.3. The number of imidazole rings is 1. The van der Waals surface area contributed by atoms with Crippen molar-refractivity contribution in [3.63, 3.8) is 0 Å². The van der Waals surface area contributed by atoms with Crippen LogP contribution in [0.2, 0.25) is 0 Å². The van der Waals surface area contributed by atoms with Gasteiger partial charge in [-0.3, -0.25) is 4.40 Å². The number of anilines is 1. The standard InChI is InChI=1S/C23H22FN3O2/c1-15-10-11-27-21(12-15)26-22(17-6-9-19(28-2)20(13-17)29-3)23(27)25-14-16-4-7-18(24)8-5-16/h4-13,25H,14H2,1-3H3. The highest BCUT2D eigenvalue weighted by atomic mass is 19.1. The fourth-order valence-electron chi connectivity index (χ4n) is 3.29. The highest BCUT2D eigenvalue weighted by molar-refractivity contribution is 5.78. The molecule has 0 unspecified atom stereocenters. The molecule has 0 atom stereocenters. The molecule has 0 spiro atoms. The minimum absolute atomic E-state index is 0.245. The number of halogens is 1. The van der Waals surface area contributed by atoms with Crippen LogP contribution in [0, 0.1) is 12.7 Å². The van der Waals surface area contributed by atoms with E-state index in [1.165, 1.54) is 12.1 Å². The molecule has 0 aliphatic heterocycles. The Hall–Kier alpha value is -3.54.